The van der Waals surface area contributed by atoms with Gasteiger partial charge in [0.25, 0.3) is 5.91 Å². The van der Waals surface area contributed by atoms with Crippen LogP contribution in [0.4, 0.5) is 0 Å². The number of nitrogens with one attached hydrogen (secondary N) is 1. The van der Waals surface area contributed by atoms with Gasteiger partial charge in [0.15, 0.2) is 0 Å². The van der Waals surface area contributed by atoms with Crippen LogP contribution in [-0.2, 0) is 14.3 Å². The zero-order chi connectivity index (χ0) is 24.4. The lowest BCUT2D eigenvalue weighted by Crippen LogP contribution is -2.58. The van der Waals surface area contributed by atoms with Crippen LogP contribution in [-0.4, -0.2) is 77.6 Å². The van der Waals surface area contributed by atoms with E-state index in [1.807, 2.05) is 24.3 Å². The van der Waals surface area contributed by atoms with Gasteiger partial charge in [-0.3, -0.25) is 9.59 Å². The molecule has 2 heterocycles. The van der Waals surface area contributed by atoms with Crippen molar-refractivity contribution < 1.29 is 29.3 Å². The molecule has 0 aromatic heterocycles. The molecule has 2 aliphatic heterocycles. The standard InChI is InChI=1S/C27H36N2O6/c30-13-12-28-26(32)19-15-20(24(31)25-23(19)18-9-4-5-10-21(18)35-25)29(16-17-7-2-1-3-8-17)27(33)22-11-6-14-34-22/h4-5,9-10,15,17,20,22-25,30-31H,1-3,6-8,11-14,16H2,(H,28,32). The van der Waals surface area contributed by atoms with E-state index in [1.54, 1.807) is 11.0 Å². The van der Waals surface area contributed by atoms with Gasteiger partial charge < -0.3 is 29.9 Å². The zero-order valence-electron chi connectivity index (χ0n) is 20.1. The number of hydrogen-bond donors (Lipinski definition) is 3. The van der Waals surface area contributed by atoms with Gasteiger partial charge >= 0.3 is 0 Å². The number of aliphatic hydroxyl groups excluding tert-OH is 2. The van der Waals surface area contributed by atoms with Crippen molar-refractivity contribution in [2.24, 2.45) is 5.92 Å². The molecule has 2 aliphatic carbocycles. The number of fused-ring (bicyclic) bond motifs is 3. The molecule has 5 rings (SSSR count). The van der Waals surface area contributed by atoms with Crippen molar-refractivity contribution >= 4 is 11.8 Å². The first-order valence-corrected chi connectivity index (χ1v) is 13.0. The van der Waals surface area contributed by atoms with Crippen molar-refractivity contribution in [1.29, 1.82) is 0 Å². The third-order valence-electron chi connectivity index (χ3n) is 7.90. The fourth-order valence-electron chi connectivity index (χ4n) is 6.15. The predicted molar refractivity (Wildman–Crippen MR) is 129 cm³/mol. The van der Waals surface area contributed by atoms with Gasteiger partial charge in [-0.25, -0.2) is 0 Å². The lowest BCUT2D eigenvalue weighted by Gasteiger charge is -2.43. The molecule has 8 heteroatoms. The zero-order valence-corrected chi connectivity index (χ0v) is 20.1. The second kappa shape index (κ2) is 10.7. The molecule has 0 spiro atoms. The van der Waals surface area contributed by atoms with Crippen molar-refractivity contribution in [2.75, 3.05) is 26.3 Å². The Bertz CT molecular complexity index is 953. The highest BCUT2D eigenvalue weighted by molar-refractivity contribution is 5.96. The van der Waals surface area contributed by atoms with Gasteiger partial charge in [-0.05, 0) is 43.7 Å². The van der Waals surface area contributed by atoms with Crippen molar-refractivity contribution in [2.45, 2.75) is 75.2 Å². The number of carbonyl (C=O) groups is 2. The quantitative estimate of drug-likeness (QED) is 0.546. The minimum atomic E-state index is -0.990. The van der Waals surface area contributed by atoms with Gasteiger partial charge in [0, 0.05) is 30.8 Å². The maximum Gasteiger partial charge on any atom is 0.252 e. The average Bonchev–Trinajstić information content (AvgIpc) is 3.56. The van der Waals surface area contributed by atoms with Crippen LogP contribution in [0, 0.1) is 5.92 Å². The lowest BCUT2D eigenvalue weighted by molar-refractivity contribution is -0.147. The van der Waals surface area contributed by atoms with Gasteiger partial charge in [-0.2, -0.15) is 0 Å². The average molecular weight is 485 g/mol. The molecule has 1 saturated heterocycles. The molecule has 0 radical (unpaired) electrons. The van der Waals surface area contributed by atoms with E-state index in [0.717, 1.165) is 37.7 Å². The fraction of sp³-hybridized carbons (Fsp3) is 0.630. The second-order valence-electron chi connectivity index (χ2n) is 10.2. The summed E-state index contributed by atoms with van der Waals surface area (Å²) in [6.45, 7) is 1.06. The number of ether oxygens (including phenoxy) is 2. The first-order chi connectivity index (χ1) is 17.1. The number of hydrogen-bond acceptors (Lipinski definition) is 6. The molecule has 5 atom stereocenters. The van der Waals surface area contributed by atoms with Gasteiger partial charge in [0.1, 0.15) is 24.1 Å². The molecule has 3 N–H and O–H groups in total. The summed E-state index contributed by atoms with van der Waals surface area (Å²) in [5.41, 5.74) is 1.32. The van der Waals surface area contributed by atoms with Crippen LogP contribution in [0.5, 0.6) is 5.75 Å². The molecule has 35 heavy (non-hydrogen) atoms. The molecule has 2 fully saturated rings. The van der Waals surface area contributed by atoms with Crippen LogP contribution in [0.2, 0.25) is 0 Å². The lowest BCUT2D eigenvalue weighted by atomic mass is 9.77. The second-order valence-corrected chi connectivity index (χ2v) is 10.2. The Hall–Kier alpha value is -2.42. The number of rotatable bonds is 7. The van der Waals surface area contributed by atoms with E-state index in [2.05, 4.69) is 5.32 Å². The normalized spacial score (nSPS) is 30.1. The molecule has 190 valence electrons. The SMILES string of the molecule is O=C(NCCO)C1=CC(N(CC2CCCCC2)C(=O)C2CCCO2)C(O)C2Oc3ccccc3C12. The number of benzene rings is 1. The van der Waals surface area contributed by atoms with Gasteiger partial charge in [-0.1, -0.05) is 37.5 Å². The first-order valence-electron chi connectivity index (χ1n) is 13.0. The van der Waals surface area contributed by atoms with Crippen LogP contribution >= 0.6 is 0 Å². The molecule has 1 saturated carbocycles. The highest BCUT2D eigenvalue weighted by atomic mass is 16.5. The van der Waals surface area contributed by atoms with Crippen LogP contribution in [0.1, 0.15) is 56.4 Å². The molecule has 1 aromatic carbocycles. The van der Waals surface area contributed by atoms with E-state index in [0.29, 0.717) is 36.8 Å². The maximum absolute atomic E-state index is 13.7. The van der Waals surface area contributed by atoms with Gasteiger partial charge in [0.05, 0.1) is 18.6 Å². The smallest absolute Gasteiger partial charge is 0.252 e. The maximum atomic E-state index is 13.7. The Morgan fingerprint density at radius 2 is 1.89 bits per heavy atom. The topological polar surface area (TPSA) is 108 Å². The summed E-state index contributed by atoms with van der Waals surface area (Å²) in [6, 6.07) is 6.82. The number of nitrogens with zero attached hydrogens (tertiary/aromatic N) is 1. The minimum absolute atomic E-state index is 0.113. The summed E-state index contributed by atoms with van der Waals surface area (Å²) in [6.07, 6.45) is 6.72. The molecule has 2 amide bonds. The Kier molecular flexibility index (Phi) is 7.41. The fourth-order valence-corrected chi connectivity index (χ4v) is 6.15. The highest BCUT2D eigenvalue weighted by Gasteiger charge is 2.51. The largest absolute Gasteiger partial charge is 0.486 e. The Morgan fingerprint density at radius 1 is 1.09 bits per heavy atom. The van der Waals surface area contributed by atoms with Gasteiger partial charge in [-0.15, -0.1) is 0 Å². The third-order valence-corrected chi connectivity index (χ3v) is 7.90. The number of amides is 2. The first kappa shape index (κ1) is 24.3. The highest BCUT2D eigenvalue weighted by Crippen LogP contribution is 2.47. The minimum Gasteiger partial charge on any atom is -0.486 e. The van der Waals surface area contributed by atoms with E-state index < -0.39 is 30.3 Å². The number of para-hydroxylation sites is 1. The van der Waals surface area contributed by atoms with Crippen LogP contribution < -0.4 is 10.1 Å². The molecule has 5 unspecified atom stereocenters. The summed E-state index contributed by atoms with van der Waals surface area (Å²) in [4.78, 5) is 28.7. The van der Waals surface area contributed by atoms with E-state index in [-0.39, 0.29) is 25.0 Å². The van der Waals surface area contributed by atoms with E-state index in [1.165, 1.54) is 6.42 Å². The molecule has 4 aliphatic rings. The molecular weight excluding hydrogens is 448 g/mol. The molecular formula is C27H36N2O6. The molecule has 1 aromatic rings. The summed E-state index contributed by atoms with van der Waals surface area (Å²) in [5.74, 6) is 0.143. The summed E-state index contributed by atoms with van der Waals surface area (Å²) in [7, 11) is 0. The molecule has 0 bridgehead atoms. The van der Waals surface area contributed by atoms with Crippen molar-refractivity contribution in [3.05, 3.63) is 41.5 Å². The number of carbonyl (C=O) groups excluding carboxylic acids is 2. The van der Waals surface area contributed by atoms with Crippen molar-refractivity contribution in [3.8, 4) is 5.75 Å². The van der Waals surface area contributed by atoms with E-state index >= 15 is 0 Å². The van der Waals surface area contributed by atoms with Crippen molar-refractivity contribution in [1.82, 2.24) is 10.2 Å². The van der Waals surface area contributed by atoms with Crippen LogP contribution in [0.3, 0.4) is 0 Å². The van der Waals surface area contributed by atoms with E-state index in [4.69, 9.17) is 9.47 Å². The predicted octanol–water partition coefficient (Wildman–Crippen LogP) is 1.90. The number of aliphatic hydroxyl groups is 2. The van der Waals surface area contributed by atoms with Crippen molar-refractivity contribution in [3.63, 3.8) is 0 Å². The summed E-state index contributed by atoms with van der Waals surface area (Å²) < 4.78 is 11.9. The monoisotopic (exact) mass is 484 g/mol. The van der Waals surface area contributed by atoms with Crippen LogP contribution in [0.15, 0.2) is 35.9 Å². The summed E-state index contributed by atoms with van der Waals surface area (Å²) >= 11 is 0. The van der Waals surface area contributed by atoms with Crippen LogP contribution in [0.25, 0.3) is 0 Å². The van der Waals surface area contributed by atoms with E-state index in [9.17, 15) is 19.8 Å². The molecule has 8 nitrogen and oxygen atoms in total. The Labute approximate surface area is 206 Å². The van der Waals surface area contributed by atoms with Gasteiger partial charge in [0.2, 0.25) is 5.91 Å². The summed E-state index contributed by atoms with van der Waals surface area (Å²) in [5, 5.41) is 23.6. The third kappa shape index (κ3) is 4.84. The Balaban J connectivity index is 1.51. The Morgan fingerprint density at radius 3 is 2.63 bits per heavy atom.